The van der Waals surface area contributed by atoms with Crippen LogP contribution in [0.25, 0.3) is 11.2 Å². The lowest BCUT2D eigenvalue weighted by Gasteiger charge is -2.08. The van der Waals surface area contributed by atoms with E-state index >= 15 is 0 Å². The van der Waals surface area contributed by atoms with Crippen molar-refractivity contribution in [3.05, 3.63) is 41.2 Å². The Balaban J connectivity index is 1.99. The van der Waals surface area contributed by atoms with E-state index in [0.717, 1.165) is 5.56 Å². The summed E-state index contributed by atoms with van der Waals surface area (Å²) < 4.78 is 1.73. The number of nitrogens with zero attached hydrogens (tertiary/aromatic N) is 5. The average Bonchev–Trinajstić information content (AvgIpc) is 2.85. The van der Waals surface area contributed by atoms with Crippen LogP contribution in [0.4, 0.5) is 5.82 Å². The molecule has 1 aromatic carbocycles. The van der Waals surface area contributed by atoms with Crippen LogP contribution in [-0.2, 0) is 6.54 Å². The Bertz CT molecular complexity index is 767. The topological polar surface area (TPSA) is 68.5 Å². The zero-order chi connectivity index (χ0) is 14.8. The summed E-state index contributed by atoms with van der Waals surface area (Å²) in [6.07, 6.45) is 1.51. The Morgan fingerprint density at radius 2 is 2.05 bits per heavy atom. The molecule has 0 radical (unpaired) electrons. The lowest BCUT2D eigenvalue weighted by molar-refractivity contribution is 0.664. The molecule has 21 heavy (non-hydrogen) atoms. The predicted molar refractivity (Wildman–Crippen MR) is 82.4 cm³/mol. The molecule has 2 aromatic heterocycles. The van der Waals surface area contributed by atoms with Gasteiger partial charge in [-0.3, -0.25) is 0 Å². The van der Waals surface area contributed by atoms with Gasteiger partial charge < -0.3 is 5.32 Å². The van der Waals surface area contributed by atoms with Gasteiger partial charge in [0.15, 0.2) is 17.0 Å². The van der Waals surface area contributed by atoms with E-state index in [-0.39, 0.29) is 6.04 Å². The minimum atomic E-state index is 0.261. The number of aromatic nitrogens is 5. The van der Waals surface area contributed by atoms with Gasteiger partial charge in [0.1, 0.15) is 6.33 Å². The Labute approximate surface area is 127 Å². The van der Waals surface area contributed by atoms with Crippen molar-refractivity contribution in [2.24, 2.45) is 0 Å². The molecular formula is C14H15ClN6. The molecule has 0 atom stereocenters. The normalized spacial score (nSPS) is 11.2. The molecule has 0 spiro atoms. The molecule has 0 amide bonds. The number of nitrogens with one attached hydrogen (secondary N) is 1. The van der Waals surface area contributed by atoms with Gasteiger partial charge in [0, 0.05) is 11.1 Å². The molecule has 3 aromatic rings. The second-order valence-corrected chi connectivity index (χ2v) is 5.44. The highest BCUT2D eigenvalue weighted by atomic mass is 35.5. The number of halogens is 1. The second kappa shape index (κ2) is 5.65. The van der Waals surface area contributed by atoms with E-state index in [4.69, 9.17) is 11.6 Å². The van der Waals surface area contributed by atoms with Crippen molar-refractivity contribution in [2.75, 3.05) is 5.32 Å². The van der Waals surface area contributed by atoms with Crippen molar-refractivity contribution in [3.63, 3.8) is 0 Å². The first-order valence-corrected chi connectivity index (χ1v) is 7.07. The molecule has 0 unspecified atom stereocenters. The third kappa shape index (κ3) is 2.80. The number of hydrogen-bond acceptors (Lipinski definition) is 5. The van der Waals surface area contributed by atoms with Crippen LogP contribution in [0.1, 0.15) is 19.4 Å². The van der Waals surface area contributed by atoms with Crippen LogP contribution in [0.15, 0.2) is 30.6 Å². The molecule has 0 saturated carbocycles. The number of fused-ring (bicyclic) bond motifs is 1. The summed E-state index contributed by atoms with van der Waals surface area (Å²) in [6, 6.07) is 7.93. The van der Waals surface area contributed by atoms with E-state index in [1.54, 1.807) is 4.68 Å². The lowest BCUT2D eigenvalue weighted by atomic mass is 10.2. The number of rotatable bonds is 4. The fraction of sp³-hybridized carbons (Fsp3) is 0.286. The average molecular weight is 303 g/mol. The second-order valence-electron chi connectivity index (χ2n) is 5.03. The largest absolute Gasteiger partial charge is 0.366 e. The Morgan fingerprint density at radius 1 is 1.24 bits per heavy atom. The van der Waals surface area contributed by atoms with E-state index in [0.29, 0.717) is 28.5 Å². The van der Waals surface area contributed by atoms with Gasteiger partial charge in [0.25, 0.3) is 0 Å². The highest BCUT2D eigenvalue weighted by Crippen LogP contribution is 2.20. The molecule has 0 bridgehead atoms. The molecule has 0 fully saturated rings. The first-order valence-electron chi connectivity index (χ1n) is 6.69. The van der Waals surface area contributed by atoms with E-state index in [9.17, 15) is 0 Å². The Kier molecular flexibility index (Phi) is 3.70. The maximum Gasteiger partial charge on any atom is 0.184 e. The summed E-state index contributed by atoms with van der Waals surface area (Å²) in [4.78, 5) is 8.50. The first kappa shape index (κ1) is 13.8. The summed E-state index contributed by atoms with van der Waals surface area (Å²) in [5, 5.41) is 12.3. The monoisotopic (exact) mass is 302 g/mol. The maximum absolute atomic E-state index is 6.19. The third-order valence-electron chi connectivity index (χ3n) is 3.00. The minimum Gasteiger partial charge on any atom is -0.366 e. The molecule has 1 N–H and O–H groups in total. The van der Waals surface area contributed by atoms with E-state index in [1.807, 2.05) is 38.1 Å². The van der Waals surface area contributed by atoms with Crippen LogP contribution in [-0.4, -0.2) is 31.0 Å². The molecule has 2 heterocycles. The van der Waals surface area contributed by atoms with E-state index < -0.39 is 0 Å². The highest BCUT2D eigenvalue weighted by Gasteiger charge is 2.13. The number of anilines is 1. The summed E-state index contributed by atoms with van der Waals surface area (Å²) in [7, 11) is 0. The van der Waals surface area contributed by atoms with Gasteiger partial charge in [-0.05, 0) is 25.5 Å². The summed E-state index contributed by atoms with van der Waals surface area (Å²) in [5.41, 5.74) is 2.33. The molecule has 3 rings (SSSR count). The number of hydrogen-bond donors (Lipinski definition) is 1. The van der Waals surface area contributed by atoms with E-state index in [1.165, 1.54) is 6.33 Å². The summed E-state index contributed by atoms with van der Waals surface area (Å²) in [5.74, 6) is 0.695. The van der Waals surface area contributed by atoms with Crippen molar-refractivity contribution in [2.45, 2.75) is 26.4 Å². The molecule has 0 aliphatic rings. The van der Waals surface area contributed by atoms with Crippen LogP contribution in [0.2, 0.25) is 5.02 Å². The predicted octanol–water partition coefficient (Wildman–Crippen LogP) is 2.74. The van der Waals surface area contributed by atoms with Crippen molar-refractivity contribution in [3.8, 4) is 0 Å². The molecular weight excluding hydrogens is 288 g/mol. The van der Waals surface area contributed by atoms with Gasteiger partial charge in [-0.2, -0.15) is 0 Å². The minimum absolute atomic E-state index is 0.261. The molecule has 7 heteroatoms. The summed E-state index contributed by atoms with van der Waals surface area (Å²) in [6.45, 7) is 4.61. The molecule has 0 saturated heterocycles. The van der Waals surface area contributed by atoms with Gasteiger partial charge in [0.05, 0.1) is 6.54 Å². The molecule has 0 aliphatic heterocycles. The van der Waals surface area contributed by atoms with Crippen LogP contribution < -0.4 is 5.32 Å². The number of benzene rings is 1. The van der Waals surface area contributed by atoms with Crippen molar-refractivity contribution in [1.29, 1.82) is 0 Å². The quantitative estimate of drug-likeness (QED) is 0.802. The van der Waals surface area contributed by atoms with Crippen molar-refractivity contribution >= 4 is 28.6 Å². The van der Waals surface area contributed by atoms with Gasteiger partial charge in [-0.25, -0.2) is 14.6 Å². The van der Waals surface area contributed by atoms with Gasteiger partial charge in [0.2, 0.25) is 0 Å². The van der Waals surface area contributed by atoms with Crippen LogP contribution >= 0.6 is 11.6 Å². The van der Waals surface area contributed by atoms with Gasteiger partial charge >= 0.3 is 0 Å². The molecule has 108 valence electrons. The fourth-order valence-electron chi connectivity index (χ4n) is 2.07. The standard InChI is InChI=1S/C14H15ClN6/c1-9(2)18-13-12-14(17-8-16-13)21(20-19-12)7-10-5-3-4-6-11(10)15/h3-6,8-9H,7H2,1-2H3,(H,16,17,18). The van der Waals surface area contributed by atoms with Crippen LogP contribution in [0, 0.1) is 0 Å². The van der Waals surface area contributed by atoms with Crippen LogP contribution in [0.5, 0.6) is 0 Å². The van der Waals surface area contributed by atoms with E-state index in [2.05, 4.69) is 25.6 Å². The summed E-state index contributed by atoms with van der Waals surface area (Å²) >= 11 is 6.19. The lowest BCUT2D eigenvalue weighted by Crippen LogP contribution is -2.11. The zero-order valence-corrected chi connectivity index (χ0v) is 12.5. The molecule has 6 nitrogen and oxygen atoms in total. The smallest absolute Gasteiger partial charge is 0.184 e. The highest BCUT2D eigenvalue weighted by molar-refractivity contribution is 6.31. The third-order valence-corrected chi connectivity index (χ3v) is 3.37. The van der Waals surface area contributed by atoms with Crippen molar-refractivity contribution < 1.29 is 0 Å². The first-order chi connectivity index (χ1) is 10.1. The SMILES string of the molecule is CC(C)Nc1ncnc2c1nnn2Cc1ccccc1Cl. The van der Waals surface area contributed by atoms with Gasteiger partial charge in [-0.15, -0.1) is 5.10 Å². The van der Waals surface area contributed by atoms with Gasteiger partial charge in [-0.1, -0.05) is 35.0 Å². The maximum atomic E-state index is 6.19. The zero-order valence-electron chi connectivity index (χ0n) is 11.8. The molecule has 0 aliphatic carbocycles. The Morgan fingerprint density at radius 3 is 2.81 bits per heavy atom. The Hall–Kier alpha value is -2.21. The van der Waals surface area contributed by atoms with Crippen LogP contribution in [0.3, 0.4) is 0 Å². The fourth-order valence-corrected chi connectivity index (χ4v) is 2.26. The van der Waals surface area contributed by atoms with Crippen molar-refractivity contribution in [1.82, 2.24) is 25.0 Å².